The molecule has 4 aliphatic rings. The second-order valence-corrected chi connectivity index (χ2v) is 6.69. The van der Waals surface area contributed by atoms with Gasteiger partial charge in [0, 0.05) is 11.8 Å². The quantitative estimate of drug-likeness (QED) is 0.699. The van der Waals surface area contributed by atoms with Crippen molar-refractivity contribution in [3.63, 3.8) is 0 Å². The highest BCUT2D eigenvalue weighted by atomic mass is 32.2. The summed E-state index contributed by atoms with van der Waals surface area (Å²) in [6.45, 7) is 0. The molecular weight excluding hydrogens is 198 g/mol. The van der Waals surface area contributed by atoms with Gasteiger partial charge in [0.05, 0.1) is 15.7 Å². The molecule has 2 N–H and O–H groups in total. The van der Waals surface area contributed by atoms with Crippen molar-refractivity contribution < 1.29 is 9.00 Å². The standard InChI is InChI=1S/C10H15NO2S/c11-14(13)10-3-6-1-7(4-10)9(12)8(2-6)5-10/h6-8H,1-5,11H2. The Hall–Kier alpha value is -0.220. The summed E-state index contributed by atoms with van der Waals surface area (Å²) in [5, 5.41) is 5.60. The molecule has 0 spiro atoms. The number of ketones is 1. The van der Waals surface area contributed by atoms with Crippen molar-refractivity contribution in [2.24, 2.45) is 22.9 Å². The fraction of sp³-hybridized carbons (Fsp3) is 0.900. The maximum absolute atomic E-state index is 11.8. The first-order chi connectivity index (χ1) is 6.61. The minimum Gasteiger partial charge on any atom is -0.299 e. The Morgan fingerprint density at radius 3 is 2.29 bits per heavy atom. The van der Waals surface area contributed by atoms with Gasteiger partial charge in [0.2, 0.25) is 0 Å². The molecule has 0 heterocycles. The highest BCUT2D eigenvalue weighted by Gasteiger charge is 2.57. The average Bonchev–Trinajstić information content (AvgIpc) is 2.12. The number of carbonyl (C=O) groups is 1. The summed E-state index contributed by atoms with van der Waals surface area (Å²) in [5.74, 6) is 1.43. The molecule has 4 bridgehead atoms. The van der Waals surface area contributed by atoms with Crippen LogP contribution in [0.25, 0.3) is 0 Å². The van der Waals surface area contributed by atoms with Crippen LogP contribution < -0.4 is 5.14 Å². The molecular formula is C10H15NO2S. The predicted molar refractivity (Wildman–Crippen MR) is 53.6 cm³/mol. The Kier molecular flexibility index (Phi) is 1.72. The van der Waals surface area contributed by atoms with E-state index in [-0.39, 0.29) is 16.6 Å². The van der Waals surface area contributed by atoms with Crippen molar-refractivity contribution >= 4 is 16.8 Å². The Morgan fingerprint density at radius 1 is 1.21 bits per heavy atom. The predicted octanol–water partition coefficient (Wildman–Crippen LogP) is 0.757. The minimum atomic E-state index is -1.24. The maximum Gasteiger partial charge on any atom is 0.139 e. The van der Waals surface area contributed by atoms with Crippen molar-refractivity contribution in [2.75, 3.05) is 0 Å². The van der Waals surface area contributed by atoms with E-state index in [1.165, 1.54) is 0 Å². The molecule has 4 rings (SSSR count). The van der Waals surface area contributed by atoms with Crippen molar-refractivity contribution in [1.29, 1.82) is 0 Å². The van der Waals surface area contributed by atoms with Gasteiger partial charge in [0.15, 0.2) is 0 Å². The lowest BCUT2D eigenvalue weighted by molar-refractivity contribution is -0.138. The van der Waals surface area contributed by atoms with Gasteiger partial charge >= 0.3 is 0 Å². The summed E-state index contributed by atoms with van der Waals surface area (Å²) in [7, 11) is -1.24. The third kappa shape index (κ3) is 1.01. The van der Waals surface area contributed by atoms with E-state index in [0.29, 0.717) is 11.7 Å². The van der Waals surface area contributed by atoms with Gasteiger partial charge in [-0.1, -0.05) is 0 Å². The molecule has 78 valence electrons. The van der Waals surface area contributed by atoms with Crippen LogP contribution in [0.4, 0.5) is 0 Å². The normalized spacial score (nSPS) is 52.4. The molecule has 3 nitrogen and oxygen atoms in total. The summed E-state index contributed by atoms with van der Waals surface area (Å²) in [6.07, 6.45) is 4.66. The highest BCUT2D eigenvalue weighted by molar-refractivity contribution is 7.84. The van der Waals surface area contributed by atoms with Gasteiger partial charge in [-0.2, -0.15) is 0 Å². The molecule has 0 aromatic heterocycles. The lowest BCUT2D eigenvalue weighted by Gasteiger charge is -2.54. The van der Waals surface area contributed by atoms with Crippen molar-refractivity contribution in [3.8, 4) is 0 Å². The zero-order valence-corrected chi connectivity index (χ0v) is 8.89. The van der Waals surface area contributed by atoms with E-state index >= 15 is 0 Å². The van der Waals surface area contributed by atoms with E-state index in [0.717, 1.165) is 32.1 Å². The molecule has 4 saturated carbocycles. The molecule has 14 heavy (non-hydrogen) atoms. The maximum atomic E-state index is 11.8. The monoisotopic (exact) mass is 213 g/mol. The lowest BCUT2D eigenvalue weighted by atomic mass is 9.55. The first kappa shape index (κ1) is 9.04. The second kappa shape index (κ2) is 2.67. The van der Waals surface area contributed by atoms with Crippen LogP contribution in [-0.4, -0.2) is 14.7 Å². The van der Waals surface area contributed by atoms with Gasteiger partial charge in [-0.25, -0.2) is 4.21 Å². The van der Waals surface area contributed by atoms with Crippen LogP contribution in [0.2, 0.25) is 0 Å². The number of hydrogen-bond donors (Lipinski definition) is 1. The van der Waals surface area contributed by atoms with Crippen LogP contribution in [0, 0.1) is 17.8 Å². The van der Waals surface area contributed by atoms with Crippen molar-refractivity contribution in [2.45, 2.75) is 36.9 Å². The van der Waals surface area contributed by atoms with E-state index in [1.54, 1.807) is 0 Å². The molecule has 0 amide bonds. The highest BCUT2D eigenvalue weighted by Crippen LogP contribution is 2.55. The molecule has 0 radical (unpaired) electrons. The topological polar surface area (TPSA) is 60.2 Å². The fourth-order valence-corrected chi connectivity index (χ4v) is 5.05. The molecule has 0 aromatic rings. The van der Waals surface area contributed by atoms with Gasteiger partial charge in [0.25, 0.3) is 0 Å². The number of nitrogens with two attached hydrogens (primary N) is 1. The van der Waals surface area contributed by atoms with Crippen LogP contribution in [0.1, 0.15) is 32.1 Å². The Morgan fingerprint density at radius 2 is 1.79 bits per heavy atom. The molecule has 0 aromatic carbocycles. The molecule has 4 aliphatic carbocycles. The first-order valence-corrected chi connectivity index (χ1v) is 6.52. The van der Waals surface area contributed by atoms with Crippen molar-refractivity contribution in [3.05, 3.63) is 0 Å². The second-order valence-electron chi connectivity index (χ2n) is 5.23. The molecule has 0 aliphatic heterocycles. The van der Waals surface area contributed by atoms with Crippen LogP contribution in [0.15, 0.2) is 0 Å². The Labute approximate surface area is 86.0 Å². The first-order valence-electron chi connectivity index (χ1n) is 5.31. The number of hydrogen-bond acceptors (Lipinski definition) is 2. The van der Waals surface area contributed by atoms with Crippen LogP contribution in [-0.2, 0) is 15.8 Å². The third-order valence-corrected chi connectivity index (χ3v) is 5.72. The SMILES string of the molecule is NS(=O)C12CC3CC(C1)C(=O)C(C3)C2. The fourth-order valence-electron chi connectivity index (χ4n) is 3.92. The van der Waals surface area contributed by atoms with E-state index < -0.39 is 11.0 Å². The van der Waals surface area contributed by atoms with Gasteiger partial charge in [-0.3, -0.25) is 9.93 Å². The van der Waals surface area contributed by atoms with Gasteiger partial charge in [-0.15, -0.1) is 0 Å². The summed E-state index contributed by atoms with van der Waals surface area (Å²) >= 11 is 0. The summed E-state index contributed by atoms with van der Waals surface area (Å²) in [5.41, 5.74) is 0. The van der Waals surface area contributed by atoms with Gasteiger partial charge < -0.3 is 0 Å². The van der Waals surface area contributed by atoms with Gasteiger partial charge in [0.1, 0.15) is 5.78 Å². The number of carbonyl (C=O) groups excluding carboxylic acids is 1. The van der Waals surface area contributed by atoms with E-state index in [1.807, 2.05) is 0 Å². The number of Topliss-reactive ketones (excluding diaryl/α,β-unsaturated/α-hetero) is 1. The number of rotatable bonds is 1. The average molecular weight is 213 g/mol. The molecule has 4 heteroatoms. The zero-order chi connectivity index (χ0) is 9.92. The summed E-state index contributed by atoms with van der Waals surface area (Å²) in [4.78, 5) is 11.8. The summed E-state index contributed by atoms with van der Waals surface area (Å²) in [6, 6.07) is 0. The van der Waals surface area contributed by atoms with Crippen LogP contribution in [0.3, 0.4) is 0 Å². The molecule has 4 fully saturated rings. The zero-order valence-electron chi connectivity index (χ0n) is 8.07. The molecule has 3 unspecified atom stereocenters. The van der Waals surface area contributed by atoms with E-state index in [9.17, 15) is 9.00 Å². The minimum absolute atomic E-state index is 0.189. The smallest absolute Gasteiger partial charge is 0.139 e. The van der Waals surface area contributed by atoms with Crippen LogP contribution in [0.5, 0.6) is 0 Å². The molecule has 0 saturated heterocycles. The Bertz CT molecular complexity index is 310. The Balaban J connectivity index is 2.00. The largest absolute Gasteiger partial charge is 0.299 e. The van der Waals surface area contributed by atoms with E-state index in [2.05, 4.69) is 0 Å². The van der Waals surface area contributed by atoms with Gasteiger partial charge in [-0.05, 0) is 38.0 Å². The van der Waals surface area contributed by atoms with Crippen LogP contribution >= 0.6 is 0 Å². The molecule has 3 atom stereocenters. The van der Waals surface area contributed by atoms with Crippen molar-refractivity contribution in [1.82, 2.24) is 0 Å². The van der Waals surface area contributed by atoms with E-state index in [4.69, 9.17) is 5.14 Å². The lowest BCUT2D eigenvalue weighted by Crippen LogP contribution is -2.58. The summed E-state index contributed by atoms with van der Waals surface area (Å²) < 4.78 is 11.4. The third-order valence-electron chi connectivity index (χ3n) is 4.36.